The van der Waals surface area contributed by atoms with Crippen LogP contribution in [0.2, 0.25) is 5.02 Å². The summed E-state index contributed by atoms with van der Waals surface area (Å²) in [5, 5.41) is 4.29. The lowest BCUT2D eigenvalue weighted by Crippen LogP contribution is -2.40. The summed E-state index contributed by atoms with van der Waals surface area (Å²) < 4.78 is 0. The summed E-state index contributed by atoms with van der Waals surface area (Å²) >= 11 is 6.43. The maximum Gasteiger partial charge on any atom is 0.0471 e. The van der Waals surface area contributed by atoms with E-state index >= 15 is 0 Å². The van der Waals surface area contributed by atoms with Crippen molar-refractivity contribution in [3.63, 3.8) is 0 Å². The lowest BCUT2D eigenvalue weighted by Gasteiger charge is -2.39. The van der Waals surface area contributed by atoms with Crippen molar-refractivity contribution in [2.75, 3.05) is 24.5 Å². The molecule has 0 spiro atoms. The highest BCUT2D eigenvalue weighted by Crippen LogP contribution is 2.33. The van der Waals surface area contributed by atoms with Crippen molar-refractivity contribution in [1.29, 1.82) is 0 Å². The molecule has 112 valence electrons. The van der Waals surface area contributed by atoms with E-state index in [1.54, 1.807) is 0 Å². The summed E-state index contributed by atoms with van der Waals surface area (Å²) in [7, 11) is 0. The number of halogens is 1. The number of nitrogens with one attached hydrogen (secondary N) is 1. The fourth-order valence-electron chi connectivity index (χ4n) is 2.92. The van der Waals surface area contributed by atoms with Crippen molar-refractivity contribution in [3.8, 4) is 0 Å². The molecular weight excluding hydrogens is 268 g/mol. The highest BCUT2D eigenvalue weighted by molar-refractivity contribution is 6.31. The highest BCUT2D eigenvalue weighted by Gasteiger charge is 2.26. The van der Waals surface area contributed by atoms with Crippen LogP contribution in [0.5, 0.6) is 0 Å². The van der Waals surface area contributed by atoms with Gasteiger partial charge in [0.25, 0.3) is 0 Å². The van der Waals surface area contributed by atoms with Crippen LogP contribution in [0.15, 0.2) is 18.2 Å². The van der Waals surface area contributed by atoms with Crippen LogP contribution in [0.1, 0.15) is 45.6 Å². The van der Waals surface area contributed by atoms with Gasteiger partial charge in [-0.3, -0.25) is 0 Å². The van der Waals surface area contributed by atoms with Crippen LogP contribution in [-0.4, -0.2) is 19.6 Å². The first-order chi connectivity index (χ1) is 9.52. The molecule has 1 aliphatic rings. The number of nitrogens with zero attached hydrogens (tertiary/aromatic N) is 1. The summed E-state index contributed by atoms with van der Waals surface area (Å²) in [5.74, 6) is 0. The minimum Gasteiger partial charge on any atom is -0.371 e. The Morgan fingerprint density at radius 2 is 2.15 bits per heavy atom. The molecule has 0 bridgehead atoms. The standard InChI is InChI=1S/C17H27ClN2/c1-4-9-19-12-14-6-7-15(11-16(14)18)20-10-5-8-17(2,3)13-20/h6-7,11,19H,4-5,8-10,12-13H2,1-3H3. The molecule has 1 aromatic rings. The van der Waals surface area contributed by atoms with E-state index in [9.17, 15) is 0 Å². The third kappa shape index (κ3) is 4.13. The van der Waals surface area contributed by atoms with Crippen molar-refractivity contribution in [1.82, 2.24) is 5.32 Å². The number of benzene rings is 1. The number of rotatable bonds is 5. The SMILES string of the molecule is CCCNCc1ccc(N2CCCC(C)(C)C2)cc1Cl. The Morgan fingerprint density at radius 1 is 1.35 bits per heavy atom. The smallest absolute Gasteiger partial charge is 0.0471 e. The molecule has 0 amide bonds. The molecule has 0 radical (unpaired) electrons. The summed E-state index contributed by atoms with van der Waals surface area (Å²) in [6.07, 6.45) is 3.74. The van der Waals surface area contributed by atoms with Crippen LogP contribution in [0.4, 0.5) is 5.69 Å². The van der Waals surface area contributed by atoms with E-state index in [2.05, 4.69) is 49.2 Å². The Kier molecular flexibility index (Phi) is 5.34. The topological polar surface area (TPSA) is 15.3 Å². The Hall–Kier alpha value is -0.730. The second-order valence-corrected chi connectivity index (χ2v) is 7.05. The minimum absolute atomic E-state index is 0.409. The first-order valence-electron chi connectivity index (χ1n) is 7.76. The van der Waals surface area contributed by atoms with Crippen LogP contribution in [0.25, 0.3) is 0 Å². The maximum absolute atomic E-state index is 6.43. The maximum atomic E-state index is 6.43. The van der Waals surface area contributed by atoms with E-state index < -0.39 is 0 Å². The van der Waals surface area contributed by atoms with Gasteiger partial charge in [-0.1, -0.05) is 38.4 Å². The molecule has 1 saturated heterocycles. The Balaban J connectivity index is 2.04. The van der Waals surface area contributed by atoms with Gasteiger partial charge in [0.05, 0.1) is 0 Å². The molecule has 0 saturated carbocycles. The highest BCUT2D eigenvalue weighted by atomic mass is 35.5. The summed E-state index contributed by atoms with van der Waals surface area (Å²) in [6, 6.07) is 6.52. The van der Waals surface area contributed by atoms with Gasteiger partial charge in [0, 0.05) is 30.3 Å². The molecule has 1 heterocycles. The molecule has 0 atom stereocenters. The molecule has 3 heteroatoms. The first-order valence-corrected chi connectivity index (χ1v) is 8.14. The molecular formula is C17H27ClN2. The molecule has 1 N–H and O–H groups in total. The predicted molar refractivity (Wildman–Crippen MR) is 88.7 cm³/mol. The van der Waals surface area contributed by atoms with Gasteiger partial charge >= 0.3 is 0 Å². The summed E-state index contributed by atoms with van der Waals surface area (Å²) in [5.41, 5.74) is 2.87. The molecule has 0 unspecified atom stereocenters. The van der Waals surface area contributed by atoms with Gasteiger partial charge in [0.2, 0.25) is 0 Å². The fourth-order valence-corrected chi connectivity index (χ4v) is 3.16. The van der Waals surface area contributed by atoms with Gasteiger partial charge in [0.15, 0.2) is 0 Å². The largest absolute Gasteiger partial charge is 0.371 e. The molecule has 0 aromatic heterocycles. The number of hydrogen-bond donors (Lipinski definition) is 1. The summed E-state index contributed by atoms with van der Waals surface area (Å²) in [6.45, 7) is 11.0. The Morgan fingerprint density at radius 3 is 2.80 bits per heavy atom. The van der Waals surface area contributed by atoms with Crippen molar-refractivity contribution < 1.29 is 0 Å². The third-order valence-corrected chi connectivity index (χ3v) is 4.40. The van der Waals surface area contributed by atoms with Crippen molar-refractivity contribution in [3.05, 3.63) is 28.8 Å². The summed E-state index contributed by atoms with van der Waals surface area (Å²) in [4.78, 5) is 2.47. The van der Waals surface area contributed by atoms with E-state index in [1.165, 1.54) is 24.1 Å². The van der Waals surface area contributed by atoms with Gasteiger partial charge in [0.1, 0.15) is 0 Å². The monoisotopic (exact) mass is 294 g/mol. The van der Waals surface area contributed by atoms with Crippen LogP contribution < -0.4 is 10.2 Å². The molecule has 1 aliphatic heterocycles. The molecule has 1 aromatic carbocycles. The lowest BCUT2D eigenvalue weighted by molar-refractivity contribution is 0.293. The zero-order chi connectivity index (χ0) is 14.6. The van der Waals surface area contributed by atoms with Crippen LogP contribution in [0, 0.1) is 5.41 Å². The Bertz CT molecular complexity index is 443. The van der Waals surface area contributed by atoms with Crippen molar-refractivity contribution in [2.24, 2.45) is 5.41 Å². The predicted octanol–water partition coefficient (Wildman–Crippen LogP) is 4.47. The van der Waals surface area contributed by atoms with Gasteiger partial charge in [-0.25, -0.2) is 0 Å². The third-order valence-electron chi connectivity index (χ3n) is 4.04. The zero-order valence-corrected chi connectivity index (χ0v) is 13.8. The van der Waals surface area contributed by atoms with E-state index in [1.807, 2.05) is 0 Å². The van der Waals surface area contributed by atoms with Gasteiger partial charge < -0.3 is 10.2 Å². The van der Waals surface area contributed by atoms with Crippen molar-refractivity contribution in [2.45, 2.75) is 46.6 Å². The number of piperidine rings is 1. The average Bonchev–Trinajstić information content (AvgIpc) is 2.39. The van der Waals surface area contributed by atoms with Crippen molar-refractivity contribution >= 4 is 17.3 Å². The van der Waals surface area contributed by atoms with E-state index in [0.717, 1.165) is 37.6 Å². The molecule has 0 aliphatic carbocycles. The van der Waals surface area contributed by atoms with E-state index in [-0.39, 0.29) is 0 Å². The van der Waals surface area contributed by atoms with Gasteiger partial charge in [-0.05, 0) is 48.9 Å². The zero-order valence-electron chi connectivity index (χ0n) is 13.0. The molecule has 2 rings (SSSR count). The van der Waals surface area contributed by atoms with E-state index in [4.69, 9.17) is 11.6 Å². The van der Waals surface area contributed by atoms with Crippen LogP contribution in [-0.2, 0) is 6.54 Å². The second kappa shape index (κ2) is 6.82. The molecule has 20 heavy (non-hydrogen) atoms. The quantitative estimate of drug-likeness (QED) is 0.806. The molecule has 1 fully saturated rings. The van der Waals surface area contributed by atoms with E-state index in [0.29, 0.717) is 5.41 Å². The first kappa shape index (κ1) is 15.7. The lowest BCUT2D eigenvalue weighted by atomic mass is 9.84. The number of hydrogen-bond acceptors (Lipinski definition) is 2. The molecule has 2 nitrogen and oxygen atoms in total. The van der Waals surface area contributed by atoms with Gasteiger partial charge in [-0.15, -0.1) is 0 Å². The Labute approximate surface area is 128 Å². The second-order valence-electron chi connectivity index (χ2n) is 6.64. The normalized spacial score (nSPS) is 18.3. The van der Waals surface area contributed by atoms with Gasteiger partial charge in [-0.2, -0.15) is 0 Å². The fraction of sp³-hybridized carbons (Fsp3) is 0.647. The number of anilines is 1. The van der Waals surface area contributed by atoms with Crippen LogP contribution >= 0.6 is 11.6 Å². The minimum atomic E-state index is 0.409. The van der Waals surface area contributed by atoms with Crippen LogP contribution in [0.3, 0.4) is 0 Å². The average molecular weight is 295 g/mol.